The summed E-state index contributed by atoms with van der Waals surface area (Å²) in [6.07, 6.45) is 5.83. The second-order valence-electron chi connectivity index (χ2n) is 3.43. The fraction of sp³-hybridized carbons (Fsp3) is 0.385. The van der Waals surface area contributed by atoms with Crippen molar-refractivity contribution in [2.24, 2.45) is 0 Å². The molecule has 0 amide bonds. The van der Waals surface area contributed by atoms with Crippen LogP contribution in [-0.2, 0) is 11.2 Å². The van der Waals surface area contributed by atoms with Crippen LogP contribution in [0.1, 0.15) is 24.5 Å². The van der Waals surface area contributed by atoms with E-state index in [9.17, 15) is 0 Å². The molecule has 1 aromatic carbocycles. The van der Waals surface area contributed by atoms with Gasteiger partial charge >= 0.3 is 0 Å². The van der Waals surface area contributed by atoms with Crippen molar-refractivity contribution < 1.29 is 4.74 Å². The Morgan fingerprint density at radius 1 is 1.21 bits per heavy atom. The van der Waals surface area contributed by atoms with Crippen molar-refractivity contribution in [2.45, 2.75) is 26.7 Å². The van der Waals surface area contributed by atoms with E-state index in [0.29, 0.717) is 0 Å². The number of hydrogen-bond acceptors (Lipinski definition) is 1. The molecule has 0 bridgehead atoms. The third kappa shape index (κ3) is 4.13. The molecule has 0 radical (unpaired) electrons. The molecule has 76 valence electrons. The molecule has 1 aromatic rings. The van der Waals surface area contributed by atoms with Gasteiger partial charge in [0, 0.05) is 0 Å². The molecular weight excluding hydrogens is 172 g/mol. The Morgan fingerprint density at radius 3 is 2.57 bits per heavy atom. The minimum Gasteiger partial charge on any atom is -0.502 e. The highest BCUT2D eigenvalue weighted by atomic mass is 16.5. The van der Waals surface area contributed by atoms with Gasteiger partial charge < -0.3 is 4.74 Å². The topological polar surface area (TPSA) is 9.23 Å². The van der Waals surface area contributed by atoms with E-state index in [1.807, 2.05) is 13.0 Å². The van der Waals surface area contributed by atoms with Crippen molar-refractivity contribution in [3.63, 3.8) is 0 Å². The summed E-state index contributed by atoms with van der Waals surface area (Å²) in [5, 5.41) is 0. The van der Waals surface area contributed by atoms with E-state index >= 15 is 0 Å². The average Bonchev–Trinajstić information content (AvgIpc) is 2.21. The Bertz CT molecular complexity index is 272. The summed E-state index contributed by atoms with van der Waals surface area (Å²) >= 11 is 0. The first-order valence-electron chi connectivity index (χ1n) is 5.11. The maximum atomic E-state index is 5.25. The van der Waals surface area contributed by atoms with Crippen LogP contribution in [0.5, 0.6) is 0 Å². The molecule has 1 nitrogen and oxygen atoms in total. The fourth-order valence-corrected chi connectivity index (χ4v) is 1.28. The Balaban J connectivity index is 2.21. The summed E-state index contributed by atoms with van der Waals surface area (Å²) in [5.41, 5.74) is 2.71. The maximum absolute atomic E-state index is 5.25. The molecular formula is C13H18O. The number of aryl methyl sites for hydroxylation is 2. The SMILES string of the molecule is C/C=C/OCCCc1ccc(C)cc1. The lowest BCUT2D eigenvalue weighted by atomic mass is 10.1. The third-order valence-corrected chi connectivity index (χ3v) is 2.08. The van der Waals surface area contributed by atoms with Crippen LogP contribution >= 0.6 is 0 Å². The van der Waals surface area contributed by atoms with Crippen LogP contribution in [-0.4, -0.2) is 6.61 Å². The molecule has 0 unspecified atom stereocenters. The van der Waals surface area contributed by atoms with Crippen molar-refractivity contribution in [2.75, 3.05) is 6.61 Å². The molecule has 1 rings (SSSR count). The van der Waals surface area contributed by atoms with Crippen molar-refractivity contribution >= 4 is 0 Å². The summed E-state index contributed by atoms with van der Waals surface area (Å²) in [6, 6.07) is 8.68. The Morgan fingerprint density at radius 2 is 1.93 bits per heavy atom. The maximum Gasteiger partial charge on any atom is 0.0876 e. The van der Waals surface area contributed by atoms with Crippen LogP contribution in [0.4, 0.5) is 0 Å². The predicted octanol–water partition coefficient (Wildman–Crippen LogP) is 3.48. The number of benzene rings is 1. The lowest BCUT2D eigenvalue weighted by Gasteiger charge is -2.02. The lowest BCUT2D eigenvalue weighted by Crippen LogP contribution is -1.91. The summed E-state index contributed by atoms with van der Waals surface area (Å²) in [7, 11) is 0. The number of allylic oxidation sites excluding steroid dienone is 1. The quantitative estimate of drug-likeness (QED) is 0.510. The molecule has 0 aliphatic heterocycles. The van der Waals surface area contributed by atoms with Gasteiger partial charge in [0.1, 0.15) is 0 Å². The van der Waals surface area contributed by atoms with Gasteiger partial charge in [-0.15, -0.1) is 0 Å². The van der Waals surface area contributed by atoms with Crippen LogP contribution in [0, 0.1) is 6.92 Å². The van der Waals surface area contributed by atoms with Crippen molar-refractivity contribution in [3.8, 4) is 0 Å². The van der Waals surface area contributed by atoms with Crippen molar-refractivity contribution in [1.29, 1.82) is 0 Å². The first-order chi connectivity index (χ1) is 6.83. The molecule has 0 fully saturated rings. The second kappa shape index (κ2) is 6.25. The van der Waals surface area contributed by atoms with E-state index in [1.54, 1.807) is 6.26 Å². The van der Waals surface area contributed by atoms with Crippen LogP contribution < -0.4 is 0 Å². The smallest absolute Gasteiger partial charge is 0.0876 e. The Kier molecular flexibility index (Phi) is 4.84. The third-order valence-electron chi connectivity index (χ3n) is 2.08. The highest BCUT2D eigenvalue weighted by Crippen LogP contribution is 2.05. The molecule has 0 saturated carbocycles. The standard InChI is InChI=1S/C13H18O/c1-3-10-14-11-4-5-13-8-6-12(2)7-9-13/h3,6-10H,4-5,11H2,1-2H3/b10-3+. The fourth-order valence-electron chi connectivity index (χ4n) is 1.28. The van der Waals surface area contributed by atoms with Crippen molar-refractivity contribution in [1.82, 2.24) is 0 Å². The lowest BCUT2D eigenvalue weighted by molar-refractivity contribution is 0.244. The number of rotatable bonds is 5. The van der Waals surface area contributed by atoms with Crippen LogP contribution in [0.15, 0.2) is 36.6 Å². The predicted molar refractivity (Wildman–Crippen MR) is 60.3 cm³/mol. The first kappa shape index (κ1) is 10.8. The minimum absolute atomic E-state index is 0.804. The molecule has 0 aliphatic rings. The molecule has 0 aromatic heterocycles. The summed E-state index contributed by atoms with van der Waals surface area (Å²) in [5.74, 6) is 0. The number of hydrogen-bond donors (Lipinski definition) is 0. The zero-order chi connectivity index (χ0) is 10.2. The molecule has 0 aliphatic carbocycles. The average molecular weight is 190 g/mol. The highest BCUT2D eigenvalue weighted by Gasteiger charge is 1.92. The van der Waals surface area contributed by atoms with Gasteiger partial charge in [0.15, 0.2) is 0 Å². The normalized spacial score (nSPS) is 10.7. The van der Waals surface area contributed by atoms with Crippen molar-refractivity contribution in [3.05, 3.63) is 47.7 Å². The van der Waals surface area contributed by atoms with Gasteiger partial charge in [0.05, 0.1) is 12.9 Å². The molecule has 0 heterocycles. The van der Waals surface area contributed by atoms with Gasteiger partial charge in [0.25, 0.3) is 0 Å². The second-order valence-corrected chi connectivity index (χ2v) is 3.43. The van der Waals surface area contributed by atoms with E-state index in [2.05, 4.69) is 31.2 Å². The van der Waals surface area contributed by atoms with Crippen LogP contribution in [0.3, 0.4) is 0 Å². The van der Waals surface area contributed by atoms with Gasteiger partial charge in [-0.1, -0.05) is 35.9 Å². The molecule has 0 spiro atoms. The van der Waals surface area contributed by atoms with E-state index in [4.69, 9.17) is 4.74 Å². The zero-order valence-electron chi connectivity index (χ0n) is 8.99. The van der Waals surface area contributed by atoms with Gasteiger partial charge in [-0.25, -0.2) is 0 Å². The molecule has 14 heavy (non-hydrogen) atoms. The minimum atomic E-state index is 0.804. The highest BCUT2D eigenvalue weighted by molar-refractivity contribution is 5.21. The first-order valence-corrected chi connectivity index (χ1v) is 5.11. The van der Waals surface area contributed by atoms with Crippen LogP contribution in [0.2, 0.25) is 0 Å². The van der Waals surface area contributed by atoms with Gasteiger partial charge in [-0.2, -0.15) is 0 Å². The van der Waals surface area contributed by atoms with Gasteiger partial charge in [-0.3, -0.25) is 0 Å². The summed E-state index contributed by atoms with van der Waals surface area (Å²) in [6.45, 7) is 4.87. The van der Waals surface area contributed by atoms with E-state index in [0.717, 1.165) is 19.4 Å². The Hall–Kier alpha value is -1.24. The van der Waals surface area contributed by atoms with Gasteiger partial charge in [0.2, 0.25) is 0 Å². The Labute approximate surface area is 86.4 Å². The van der Waals surface area contributed by atoms with Crippen LogP contribution in [0.25, 0.3) is 0 Å². The van der Waals surface area contributed by atoms with E-state index in [1.165, 1.54) is 11.1 Å². The summed E-state index contributed by atoms with van der Waals surface area (Å²) in [4.78, 5) is 0. The molecule has 0 N–H and O–H groups in total. The summed E-state index contributed by atoms with van der Waals surface area (Å²) < 4.78 is 5.25. The molecule has 0 atom stereocenters. The van der Waals surface area contributed by atoms with E-state index in [-0.39, 0.29) is 0 Å². The molecule has 1 heteroatoms. The van der Waals surface area contributed by atoms with Gasteiger partial charge in [-0.05, 0) is 32.3 Å². The van der Waals surface area contributed by atoms with E-state index < -0.39 is 0 Å². The zero-order valence-corrected chi connectivity index (χ0v) is 8.99. The monoisotopic (exact) mass is 190 g/mol. The number of ether oxygens (including phenoxy) is 1. The molecule has 0 saturated heterocycles. The largest absolute Gasteiger partial charge is 0.502 e.